The number of carboxylic acid groups (broad SMARTS) is 1. The highest BCUT2D eigenvalue weighted by Crippen LogP contribution is 2.20. The minimum absolute atomic E-state index is 0.0879. The molecule has 0 bridgehead atoms. The molecule has 0 unspecified atom stereocenters. The molecule has 3 rings (SSSR count). The van der Waals surface area contributed by atoms with Gasteiger partial charge in [0.1, 0.15) is 0 Å². The molecular weight excluding hydrogens is 244 g/mol. The minimum Gasteiger partial charge on any atom is -0.477 e. The molecule has 0 atom stereocenters. The molecule has 94 valence electrons. The summed E-state index contributed by atoms with van der Waals surface area (Å²) in [4.78, 5) is 19.7. The van der Waals surface area contributed by atoms with E-state index in [1.165, 1.54) is 10.6 Å². The van der Waals surface area contributed by atoms with Crippen LogP contribution in [0.5, 0.6) is 0 Å². The number of rotatable bonds is 2. The Morgan fingerprint density at radius 3 is 2.74 bits per heavy atom. The lowest BCUT2D eigenvalue weighted by Gasteiger charge is -2.05. The molecule has 0 spiro atoms. The first-order valence-corrected chi connectivity index (χ1v) is 5.66. The molecule has 3 heterocycles. The van der Waals surface area contributed by atoms with Crippen LogP contribution in [-0.4, -0.2) is 30.7 Å². The Kier molecular flexibility index (Phi) is 2.49. The monoisotopic (exact) mass is 254 g/mol. The third-order valence-electron chi connectivity index (χ3n) is 2.84. The highest BCUT2D eigenvalue weighted by atomic mass is 16.4. The van der Waals surface area contributed by atoms with Crippen molar-refractivity contribution >= 4 is 11.6 Å². The van der Waals surface area contributed by atoms with Gasteiger partial charge in [-0.15, -0.1) is 0 Å². The average Bonchev–Trinajstić information content (AvgIpc) is 2.80. The Labute approximate surface area is 108 Å². The molecule has 19 heavy (non-hydrogen) atoms. The fourth-order valence-corrected chi connectivity index (χ4v) is 1.90. The summed E-state index contributed by atoms with van der Waals surface area (Å²) in [6, 6.07) is 5.09. The molecule has 3 aromatic rings. The average molecular weight is 254 g/mol. The molecule has 0 amide bonds. The van der Waals surface area contributed by atoms with Crippen LogP contribution in [0.2, 0.25) is 0 Å². The topological polar surface area (TPSA) is 80.4 Å². The molecular formula is C13H10N4O2. The van der Waals surface area contributed by atoms with Gasteiger partial charge in [0.05, 0.1) is 11.9 Å². The number of hydrogen-bond donors (Lipinski definition) is 1. The zero-order valence-corrected chi connectivity index (χ0v) is 10.1. The first kappa shape index (κ1) is 11.3. The highest BCUT2D eigenvalue weighted by Gasteiger charge is 2.15. The molecule has 0 saturated carbocycles. The second-order valence-corrected chi connectivity index (χ2v) is 4.13. The van der Waals surface area contributed by atoms with Gasteiger partial charge in [-0.1, -0.05) is 0 Å². The predicted octanol–water partition coefficient (Wildman–Crippen LogP) is 1.80. The summed E-state index contributed by atoms with van der Waals surface area (Å²) in [5.74, 6) is -1.04. The second-order valence-electron chi connectivity index (χ2n) is 4.13. The first-order chi connectivity index (χ1) is 9.16. The fraction of sp³-hybridized carbons (Fsp3) is 0.0769. The van der Waals surface area contributed by atoms with Crippen molar-refractivity contribution in [2.75, 3.05) is 0 Å². The summed E-state index contributed by atoms with van der Waals surface area (Å²) < 4.78 is 1.34. The van der Waals surface area contributed by atoms with Gasteiger partial charge in [-0.2, -0.15) is 5.10 Å². The predicted molar refractivity (Wildman–Crippen MR) is 67.9 cm³/mol. The molecule has 0 fully saturated rings. The van der Waals surface area contributed by atoms with Gasteiger partial charge in [0.25, 0.3) is 0 Å². The number of nitrogens with zero attached hydrogens (tertiary/aromatic N) is 4. The summed E-state index contributed by atoms with van der Waals surface area (Å²) in [5, 5.41) is 13.3. The standard InChI is InChI=1S/C13H10N4O2/c1-8-7-15-17-11(13(18)19)6-10(16-12(8)17)9-2-4-14-5-3-9/h2-7H,1H3,(H,18,19). The zero-order chi connectivity index (χ0) is 13.4. The molecule has 0 radical (unpaired) electrons. The molecule has 0 saturated heterocycles. The molecule has 3 aromatic heterocycles. The van der Waals surface area contributed by atoms with Crippen LogP contribution < -0.4 is 0 Å². The highest BCUT2D eigenvalue weighted by molar-refractivity contribution is 5.88. The first-order valence-electron chi connectivity index (χ1n) is 5.66. The van der Waals surface area contributed by atoms with Crippen LogP contribution in [0.3, 0.4) is 0 Å². The van der Waals surface area contributed by atoms with Gasteiger partial charge in [0.15, 0.2) is 11.3 Å². The van der Waals surface area contributed by atoms with Crippen LogP contribution in [0, 0.1) is 6.92 Å². The van der Waals surface area contributed by atoms with Crippen LogP contribution >= 0.6 is 0 Å². The lowest BCUT2D eigenvalue weighted by molar-refractivity contribution is 0.0687. The van der Waals surface area contributed by atoms with Crippen molar-refractivity contribution < 1.29 is 9.90 Å². The number of fused-ring (bicyclic) bond motifs is 1. The Bertz CT molecular complexity index is 765. The fourth-order valence-electron chi connectivity index (χ4n) is 1.90. The smallest absolute Gasteiger partial charge is 0.354 e. The van der Waals surface area contributed by atoms with Crippen molar-refractivity contribution in [2.45, 2.75) is 6.92 Å². The Morgan fingerprint density at radius 2 is 2.05 bits per heavy atom. The zero-order valence-electron chi connectivity index (χ0n) is 10.1. The maximum Gasteiger partial charge on any atom is 0.354 e. The van der Waals surface area contributed by atoms with E-state index in [0.717, 1.165) is 11.1 Å². The van der Waals surface area contributed by atoms with Crippen molar-refractivity contribution in [1.82, 2.24) is 19.6 Å². The maximum absolute atomic E-state index is 11.3. The van der Waals surface area contributed by atoms with Gasteiger partial charge in [-0.05, 0) is 25.1 Å². The summed E-state index contributed by atoms with van der Waals surface area (Å²) in [6.07, 6.45) is 4.89. The number of aromatic carboxylic acids is 1. The van der Waals surface area contributed by atoms with Crippen LogP contribution in [0.1, 0.15) is 16.1 Å². The quantitative estimate of drug-likeness (QED) is 0.754. The van der Waals surface area contributed by atoms with Crippen LogP contribution in [0.4, 0.5) is 0 Å². The van der Waals surface area contributed by atoms with Gasteiger partial charge >= 0.3 is 5.97 Å². The van der Waals surface area contributed by atoms with Crippen LogP contribution in [0.25, 0.3) is 16.9 Å². The second kappa shape index (κ2) is 4.16. The number of carboxylic acids is 1. The molecule has 0 aliphatic carbocycles. The Hall–Kier alpha value is -2.76. The van der Waals surface area contributed by atoms with E-state index < -0.39 is 5.97 Å². The Balaban J connectivity index is 2.33. The lowest BCUT2D eigenvalue weighted by Crippen LogP contribution is -2.08. The van der Waals surface area contributed by atoms with E-state index >= 15 is 0 Å². The van der Waals surface area contributed by atoms with Crippen molar-refractivity contribution in [1.29, 1.82) is 0 Å². The number of aromatic nitrogens is 4. The lowest BCUT2D eigenvalue weighted by atomic mass is 10.1. The summed E-state index contributed by atoms with van der Waals surface area (Å²) in [6.45, 7) is 1.84. The van der Waals surface area contributed by atoms with Crippen molar-refractivity contribution in [3.8, 4) is 11.3 Å². The maximum atomic E-state index is 11.3. The van der Waals surface area contributed by atoms with E-state index in [0.29, 0.717) is 11.3 Å². The molecule has 0 aliphatic heterocycles. The third-order valence-corrected chi connectivity index (χ3v) is 2.84. The molecule has 1 N–H and O–H groups in total. The molecule has 0 aliphatic rings. The number of hydrogen-bond acceptors (Lipinski definition) is 4. The molecule has 6 heteroatoms. The van der Waals surface area contributed by atoms with Crippen molar-refractivity contribution in [3.05, 3.63) is 48.0 Å². The van der Waals surface area contributed by atoms with Crippen molar-refractivity contribution in [3.63, 3.8) is 0 Å². The summed E-state index contributed by atoms with van der Waals surface area (Å²) in [7, 11) is 0. The van der Waals surface area contributed by atoms with Gasteiger partial charge in [0.2, 0.25) is 0 Å². The Morgan fingerprint density at radius 1 is 1.32 bits per heavy atom. The van der Waals surface area contributed by atoms with E-state index in [9.17, 15) is 9.90 Å². The molecule has 6 nitrogen and oxygen atoms in total. The third kappa shape index (κ3) is 1.83. The van der Waals surface area contributed by atoms with E-state index in [1.807, 2.05) is 6.92 Å². The van der Waals surface area contributed by atoms with Gasteiger partial charge in [-0.3, -0.25) is 4.98 Å². The SMILES string of the molecule is Cc1cnn2c(C(=O)O)cc(-c3ccncc3)nc12. The van der Waals surface area contributed by atoms with E-state index in [2.05, 4.69) is 15.1 Å². The number of carbonyl (C=O) groups is 1. The van der Waals surface area contributed by atoms with E-state index in [1.54, 1.807) is 30.7 Å². The van der Waals surface area contributed by atoms with Crippen LogP contribution in [-0.2, 0) is 0 Å². The largest absolute Gasteiger partial charge is 0.477 e. The van der Waals surface area contributed by atoms with Crippen molar-refractivity contribution in [2.24, 2.45) is 0 Å². The van der Waals surface area contributed by atoms with Crippen LogP contribution in [0.15, 0.2) is 36.8 Å². The van der Waals surface area contributed by atoms with Gasteiger partial charge < -0.3 is 5.11 Å². The van der Waals surface area contributed by atoms with E-state index in [4.69, 9.17) is 0 Å². The number of aryl methyl sites for hydroxylation is 1. The van der Waals surface area contributed by atoms with Gasteiger partial charge in [0, 0.05) is 23.5 Å². The number of pyridine rings is 1. The minimum atomic E-state index is -1.04. The summed E-state index contributed by atoms with van der Waals surface area (Å²) >= 11 is 0. The van der Waals surface area contributed by atoms with Gasteiger partial charge in [-0.25, -0.2) is 14.3 Å². The normalized spacial score (nSPS) is 10.8. The molecule has 0 aromatic carbocycles. The van der Waals surface area contributed by atoms with E-state index in [-0.39, 0.29) is 5.69 Å². The summed E-state index contributed by atoms with van der Waals surface area (Å²) in [5.41, 5.74) is 2.88.